The third-order valence-electron chi connectivity index (χ3n) is 1.99. The molecule has 2 nitrogen and oxygen atoms in total. The molecule has 0 saturated heterocycles. The summed E-state index contributed by atoms with van der Waals surface area (Å²) in [5.41, 5.74) is 0. The van der Waals surface area contributed by atoms with Gasteiger partial charge in [-0.3, -0.25) is 0 Å². The van der Waals surface area contributed by atoms with Crippen LogP contribution in [0.4, 0.5) is 4.39 Å². The zero-order valence-corrected chi connectivity index (χ0v) is 9.01. The molecule has 0 unspecified atom stereocenters. The number of benzene rings is 1. The highest BCUT2D eigenvalue weighted by Gasteiger charge is 2.06. The van der Waals surface area contributed by atoms with E-state index in [1.54, 1.807) is 12.3 Å². The first-order valence-corrected chi connectivity index (χ1v) is 4.79. The van der Waals surface area contributed by atoms with Crippen LogP contribution in [0.15, 0.2) is 29.0 Å². The van der Waals surface area contributed by atoms with E-state index in [1.165, 1.54) is 13.2 Å². The van der Waals surface area contributed by atoms with Crippen LogP contribution in [-0.2, 0) is 0 Å². The van der Waals surface area contributed by atoms with Crippen LogP contribution < -0.4 is 4.74 Å². The lowest BCUT2D eigenvalue weighted by molar-refractivity contribution is 0.387. The van der Waals surface area contributed by atoms with Gasteiger partial charge in [0.15, 0.2) is 11.6 Å². The molecule has 4 heteroatoms. The van der Waals surface area contributed by atoms with Crippen LogP contribution in [-0.4, -0.2) is 12.1 Å². The van der Waals surface area contributed by atoms with Gasteiger partial charge in [0.05, 0.1) is 7.11 Å². The van der Waals surface area contributed by atoms with Crippen molar-refractivity contribution in [3.63, 3.8) is 0 Å². The fraction of sp³-hybridized carbons (Fsp3) is 0.100. The van der Waals surface area contributed by atoms with Crippen molar-refractivity contribution in [2.45, 2.75) is 0 Å². The van der Waals surface area contributed by atoms with Gasteiger partial charge in [-0.2, -0.15) is 0 Å². The maximum Gasteiger partial charge on any atom is 0.165 e. The van der Waals surface area contributed by atoms with Crippen LogP contribution in [0.25, 0.3) is 10.8 Å². The van der Waals surface area contributed by atoms with Gasteiger partial charge in [-0.1, -0.05) is 0 Å². The van der Waals surface area contributed by atoms with E-state index in [4.69, 9.17) is 4.74 Å². The molecule has 0 radical (unpaired) electrons. The molecule has 1 aromatic heterocycles. The predicted molar refractivity (Wildman–Crippen MR) is 56.0 cm³/mol. The second-order valence-electron chi connectivity index (χ2n) is 2.81. The molecule has 0 spiro atoms. The first kappa shape index (κ1) is 9.40. The monoisotopic (exact) mass is 255 g/mol. The van der Waals surface area contributed by atoms with Gasteiger partial charge >= 0.3 is 0 Å². The van der Waals surface area contributed by atoms with Crippen molar-refractivity contribution >= 4 is 26.7 Å². The molecule has 0 amide bonds. The summed E-state index contributed by atoms with van der Waals surface area (Å²) in [5.74, 6) is -0.135. The van der Waals surface area contributed by atoms with Gasteiger partial charge in [0.25, 0.3) is 0 Å². The summed E-state index contributed by atoms with van der Waals surface area (Å²) in [6.45, 7) is 0. The lowest BCUT2D eigenvalue weighted by Crippen LogP contribution is -1.89. The summed E-state index contributed by atoms with van der Waals surface area (Å²) >= 11 is 3.26. The lowest BCUT2D eigenvalue weighted by Gasteiger charge is -2.04. The Morgan fingerprint density at radius 2 is 2.21 bits per heavy atom. The van der Waals surface area contributed by atoms with Crippen molar-refractivity contribution in [3.05, 3.63) is 34.8 Å². The van der Waals surface area contributed by atoms with E-state index in [2.05, 4.69) is 20.9 Å². The van der Waals surface area contributed by atoms with Gasteiger partial charge < -0.3 is 4.74 Å². The number of pyridine rings is 1. The number of hydrogen-bond donors (Lipinski definition) is 0. The maximum atomic E-state index is 13.3. The first-order valence-electron chi connectivity index (χ1n) is 4.00. The molecule has 2 rings (SSSR count). The highest BCUT2D eigenvalue weighted by atomic mass is 79.9. The summed E-state index contributed by atoms with van der Waals surface area (Å²) in [5, 5.41) is 1.64. The highest BCUT2D eigenvalue weighted by molar-refractivity contribution is 9.10. The van der Waals surface area contributed by atoms with Gasteiger partial charge in [-0.15, -0.1) is 0 Å². The molecule has 0 saturated carbocycles. The number of nitrogens with zero attached hydrogens (tertiary/aromatic N) is 1. The van der Waals surface area contributed by atoms with E-state index in [0.717, 1.165) is 10.8 Å². The molecule has 0 aliphatic heterocycles. The van der Waals surface area contributed by atoms with Gasteiger partial charge in [0.1, 0.15) is 4.60 Å². The number of ether oxygens (including phenoxy) is 1. The molecule has 0 aliphatic rings. The zero-order chi connectivity index (χ0) is 10.1. The molecular weight excluding hydrogens is 249 g/mol. The number of rotatable bonds is 1. The van der Waals surface area contributed by atoms with E-state index in [1.807, 2.05) is 6.07 Å². The molecular formula is C10H7BrFNO. The average molecular weight is 256 g/mol. The summed E-state index contributed by atoms with van der Waals surface area (Å²) in [6.07, 6.45) is 1.66. The van der Waals surface area contributed by atoms with Gasteiger partial charge in [-0.05, 0) is 39.5 Å². The second kappa shape index (κ2) is 3.53. The zero-order valence-electron chi connectivity index (χ0n) is 7.42. The summed E-state index contributed by atoms with van der Waals surface area (Å²) in [7, 11) is 1.44. The fourth-order valence-corrected chi connectivity index (χ4v) is 1.76. The van der Waals surface area contributed by atoms with Crippen LogP contribution in [0.5, 0.6) is 5.75 Å². The molecule has 1 aromatic carbocycles. The van der Waals surface area contributed by atoms with E-state index in [-0.39, 0.29) is 11.6 Å². The SMILES string of the molecule is COc1cc2ccnc(Br)c2cc1F. The van der Waals surface area contributed by atoms with Crippen LogP contribution in [0, 0.1) is 5.82 Å². The fourth-order valence-electron chi connectivity index (χ4n) is 1.29. The molecule has 0 atom stereocenters. The smallest absolute Gasteiger partial charge is 0.165 e. The maximum absolute atomic E-state index is 13.3. The number of aromatic nitrogens is 1. The molecule has 1 heterocycles. The Morgan fingerprint density at radius 1 is 1.43 bits per heavy atom. The predicted octanol–water partition coefficient (Wildman–Crippen LogP) is 3.15. The van der Waals surface area contributed by atoms with Crippen molar-refractivity contribution in [3.8, 4) is 5.75 Å². The molecule has 14 heavy (non-hydrogen) atoms. The summed E-state index contributed by atoms with van der Waals surface area (Å²) < 4.78 is 18.8. The number of hydrogen-bond acceptors (Lipinski definition) is 2. The largest absolute Gasteiger partial charge is 0.494 e. The Bertz CT molecular complexity index is 487. The summed E-state index contributed by atoms with van der Waals surface area (Å²) in [6, 6.07) is 4.87. The van der Waals surface area contributed by atoms with E-state index in [9.17, 15) is 4.39 Å². The third-order valence-corrected chi connectivity index (χ3v) is 2.62. The van der Waals surface area contributed by atoms with E-state index >= 15 is 0 Å². The minimum Gasteiger partial charge on any atom is -0.494 e. The van der Waals surface area contributed by atoms with Gasteiger partial charge in [-0.25, -0.2) is 9.37 Å². The normalized spacial score (nSPS) is 10.5. The standard InChI is InChI=1S/C10H7BrFNO/c1-14-9-4-6-2-3-13-10(11)7(6)5-8(9)12/h2-5H,1H3. The molecule has 0 bridgehead atoms. The van der Waals surface area contributed by atoms with Crippen LogP contribution in [0.1, 0.15) is 0 Å². The van der Waals surface area contributed by atoms with Crippen molar-refractivity contribution in [1.82, 2.24) is 4.98 Å². The lowest BCUT2D eigenvalue weighted by atomic mass is 10.1. The van der Waals surface area contributed by atoms with Crippen LogP contribution in [0.2, 0.25) is 0 Å². The Kier molecular flexibility index (Phi) is 2.37. The Labute approximate surface area is 88.8 Å². The number of fused-ring (bicyclic) bond motifs is 1. The van der Waals surface area contributed by atoms with E-state index < -0.39 is 0 Å². The van der Waals surface area contributed by atoms with E-state index in [0.29, 0.717) is 4.60 Å². The average Bonchev–Trinajstić information content (AvgIpc) is 2.19. The van der Waals surface area contributed by atoms with Gasteiger partial charge in [0.2, 0.25) is 0 Å². The van der Waals surface area contributed by atoms with Gasteiger partial charge in [0, 0.05) is 11.6 Å². The quantitative estimate of drug-likeness (QED) is 0.731. The van der Waals surface area contributed by atoms with Crippen molar-refractivity contribution in [2.24, 2.45) is 0 Å². The van der Waals surface area contributed by atoms with Crippen molar-refractivity contribution in [2.75, 3.05) is 7.11 Å². The molecule has 0 N–H and O–H groups in total. The first-order chi connectivity index (χ1) is 6.72. The molecule has 2 aromatic rings. The molecule has 0 aliphatic carbocycles. The van der Waals surface area contributed by atoms with Crippen LogP contribution >= 0.6 is 15.9 Å². The molecule has 0 fully saturated rings. The molecule has 72 valence electrons. The highest BCUT2D eigenvalue weighted by Crippen LogP contribution is 2.27. The third kappa shape index (κ3) is 1.46. The number of halogens is 2. The Balaban J connectivity index is 2.79. The minimum absolute atomic E-state index is 0.246. The second-order valence-corrected chi connectivity index (χ2v) is 3.56. The van der Waals surface area contributed by atoms with Crippen molar-refractivity contribution < 1.29 is 9.13 Å². The van der Waals surface area contributed by atoms with Crippen LogP contribution in [0.3, 0.4) is 0 Å². The Morgan fingerprint density at radius 3 is 2.93 bits per heavy atom. The topological polar surface area (TPSA) is 22.1 Å². The van der Waals surface area contributed by atoms with Crippen molar-refractivity contribution in [1.29, 1.82) is 0 Å². The Hall–Kier alpha value is -1.16. The number of methoxy groups -OCH3 is 1. The summed E-state index contributed by atoms with van der Waals surface area (Å²) in [4.78, 5) is 4.01. The minimum atomic E-state index is -0.381.